The fourth-order valence-corrected chi connectivity index (χ4v) is 4.33. The molecule has 0 saturated heterocycles. The fraction of sp³-hybridized carbons (Fsp3) is 0.261. The Morgan fingerprint density at radius 2 is 1.81 bits per heavy atom. The first-order chi connectivity index (χ1) is 15.4. The molecule has 1 heterocycles. The van der Waals surface area contributed by atoms with Gasteiger partial charge in [0.05, 0.1) is 21.9 Å². The molecule has 1 spiro atoms. The predicted octanol–water partition coefficient (Wildman–Crippen LogP) is 3.45. The summed E-state index contributed by atoms with van der Waals surface area (Å²) in [5.41, 5.74) is 0.216. The molecule has 2 aromatic rings. The van der Waals surface area contributed by atoms with E-state index in [-0.39, 0.29) is 17.2 Å². The van der Waals surface area contributed by atoms with E-state index in [1.54, 1.807) is 30.3 Å². The zero-order valence-electron chi connectivity index (χ0n) is 17.2. The molecule has 0 aromatic heterocycles. The summed E-state index contributed by atoms with van der Waals surface area (Å²) in [6.45, 7) is -0.552. The lowest BCUT2D eigenvalue weighted by Crippen LogP contribution is -2.61. The van der Waals surface area contributed by atoms with Gasteiger partial charge in [-0.25, -0.2) is 4.79 Å². The molecule has 2 aromatic carbocycles. The molecule has 1 fully saturated rings. The van der Waals surface area contributed by atoms with Gasteiger partial charge in [0.2, 0.25) is 0 Å². The zero-order chi connectivity index (χ0) is 22.7. The number of nitrogens with one attached hydrogen (secondary N) is 1. The smallest absolute Gasteiger partial charge is 0.331 e. The summed E-state index contributed by atoms with van der Waals surface area (Å²) in [6.07, 6.45) is 5.01. The molecule has 32 heavy (non-hydrogen) atoms. The molecule has 1 N–H and O–H groups in total. The summed E-state index contributed by atoms with van der Waals surface area (Å²) in [4.78, 5) is 50.2. The second-order valence-corrected chi connectivity index (χ2v) is 7.70. The molecule has 164 valence electrons. The minimum Gasteiger partial charge on any atom is -0.452 e. The number of nitro groups is 1. The van der Waals surface area contributed by atoms with Gasteiger partial charge < -0.3 is 10.1 Å². The molecule has 0 radical (unpaired) electrons. The number of nitrogens with zero attached hydrogens (tertiary/aromatic N) is 2. The SMILES string of the molecule is O=C(/C=C/c1ccccc1[N+](=O)[O-])OCC(=O)N1c2ccccc2NC(=O)C12CCCC2. The fourth-order valence-electron chi connectivity index (χ4n) is 4.33. The minimum absolute atomic E-state index is 0.147. The first-order valence-corrected chi connectivity index (χ1v) is 10.2. The predicted molar refractivity (Wildman–Crippen MR) is 117 cm³/mol. The summed E-state index contributed by atoms with van der Waals surface area (Å²) < 4.78 is 5.11. The van der Waals surface area contributed by atoms with E-state index in [1.165, 1.54) is 29.2 Å². The molecule has 2 amide bonds. The van der Waals surface area contributed by atoms with E-state index >= 15 is 0 Å². The summed E-state index contributed by atoms with van der Waals surface area (Å²) in [6, 6.07) is 13.0. The van der Waals surface area contributed by atoms with Crippen LogP contribution in [0.4, 0.5) is 17.1 Å². The van der Waals surface area contributed by atoms with Crippen molar-refractivity contribution in [2.24, 2.45) is 0 Å². The Morgan fingerprint density at radius 1 is 1.12 bits per heavy atom. The topological polar surface area (TPSA) is 119 Å². The van der Waals surface area contributed by atoms with Crippen molar-refractivity contribution in [2.75, 3.05) is 16.8 Å². The molecule has 2 aliphatic rings. The third kappa shape index (κ3) is 3.84. The number of carbonyl (C=O) groups excluding carboxylic acids is 3. The lowest BCUT2D eigenvalue weighted by molar-refractivity contribution is -0.385. The van der Waals surface area contributed by atoms with Crippen molar-refractivity contribution < 1.29 is 24.0 Å². The monoisotopic (exact) mass is 435 g/mol. The van der Waals surface area contributed by atoms with Crippen molar-refractivity contribution >= 4 is 40.9 Å². The molecule has 4 rings (SSSR count). The highest BCUT2D eigenvalue weighted by Crippen LogP contribution is 2.45. The number of benzene rings is 2. The molecular weight excluding hydrogens is 414 g/mol. The molecule has 1 aliphatic heterocycles. The van der Waals surface area contributed by atoms with Gasteiger partial charge in [-0.15, -0.1) is 0 Å². The standard InChI is InChI=1S/C23H21N3O6/c27-20(15-32-21(28)12-11-16-7-1-3-9-18(16)26(30)31)25-19-10-4-2-8-17(19)24-22(29)23(25)13-5-6-14-23/h1-4,7-12H,5-6,13-15H2,(H,24,29)/b12-11+. The van der Waals surface area contributed by atoms with Gasteiger partial charge in [0, 0.05) is 12.1 Å². The number of rotatable bonds is 5. The largest absolute Gasteiger partial charge is 0.452 e. The lowest BCUT2D eigenvalue weighted by atomic mass is 9.90. The number of fused-ring (bicyclic) bond motifs is 1. The van der Waals surface area contributed by atoms with Crippen molar-refractivity contribution in [3.05, 3.63) is 70.3 Å². The van der Waals surface area contributed by atoms with Crippen molar-refractivity contribution in [1.29, 1.82) is 0 Å². The third-order valence-corrected chi connectivity index (χ3v) is 5.79. The highest BCUT2D eigenvalue weighted by Gasteiger charge is 2.52. The van der Waals surface area contributed by atoms with Crippen LogP contribution in [0.25, 0.3) is 6.08 Å². The highest BCUT2D eigenvalue weighted by molar-refractivity contribution is 6.15. The number of esters is 1. The van der Waals surface area contributed by atoms with Crippen molar-refractivity contribution in [1.82, 2.24) is 0 Å². The summed E-state index contributed by atoms with van der Waals surface area (Å²) in [5, 5.41) is 14.0. The van der Waals surface area contributed by atoms with Crippen LogP contribution in [0, 0.1) is 10.1 Å². The number of hydrogen-bond donors (Lipinski definition) is 1. The van der Waals surface area contributed by atoms with Gasteiger partial charge in [0.15, 0.2) is 6.61 Å². The third-order valence-electron chi connectivity index (χ3n) is 5.79. The second-order valence-electron chi connectivity index (χ2n) is 7.70. The van der Waals surface area contributed by atoms with Crippen LogP contribution in [-0.4, -0.2) is 34.9 Å². The van der Waals surface area contributed by atoms with Crippen LogP contribution in [0.2, 0.25) is 0 Å². The summed E-state index contributed by atoms with van der Waals surface area (Å²) in [7, 11) is 0. The van der Waals surface area contributed by atoms with Gasteiger partial charge in [0.25, 0.3) is 17.5 Å². The molecule has 0 atom stereocenters. The number of amides is 2. The number of para-hydroxylation sites is 3. The highest BCUT2D eigenvalue weighted by atomic mass is 16.6. The molecule has 1 saturated carbocycles. The van der Waals surface area contributed by atoms with E-state index < -0.39 is 28.9 Å². The van der Waals surface area contributed by atoms with Crippen molar-refractivity contribution in [3.63, 3.8) is 0 Å². The van der Waals surface area contributed by atoms with Crippen molar-refractivity contribution in [3.8, 4) is 0 Å². The Hall–Kier alpha value is -4.01. The first-order valence-electron chi connectivity index (χ1n) is 10.2. The number of carbonyl (C=O) groups is 3. The Morgan fingerprint density at radius 3 is 2.56 bits per heavy atom. The van der Waals surface area contributed by atoms with Gasteiger partial charge in [0.1, 0.15) is 5.54 Å². The minimum atomic E-state index is -0.988. The Labute approximate surface area is 183 Å². The maximum Gasteiger partial charge on any atom is 0.331 e. The van der Waals surface area contributed by atoms with E-state index in [2.05, 4.69) is 5.32 Å². The van der Waals surface area contributed by atoms with Gasteiger partial charge >= 0.3 is 5.97 Å². The van der Waals surface area contributed by atoms with E-state index in [0.717, 1.165) is 18.9 Å². The number of hydrogen-bond acceptors (Lipinski definition) is 6. The van der Waals surface area contributed by atoms with Gasteiger partial charge in [-0.05, 0) is 37.1 Å². The Kier molecular flexibility index (Phi) is 5.72. The van der Waals surface area contributed by atoms with Gasteiger partial charge in [-0.3, -0.25) is 24.6 Å². The molecule has 1 aliphatic carbocycles. The van der Waals surface area contributed by atoms with Crippen LogP contribution < -0.4 is 10.2 Å². The first kappa shape index (κ1) is 21.2. The molecule has 0 unspecified atom stereocenters. The summed E-state index contributed by atoms with van der Waals surface area (Å²) >= 11 is 0. The second kappa shape index (κ2) is 8.62. The Balaban J connectivity index is 1.50. The van der Waals surface area contributed by atoms with Crippen LogP contribution in [0.1, 0.15) is 31.2 Å². The van der Waals surface area contributed by atoms with Crippen LogP contribution in [0.3, 0.4) is 0 Å². The number of anilines is 2. The van der Waals surface area contributed by atoms with Crippen LogP contribution in [0.5, 0.6) is 0 Å². The average Bonchev–Trinajstić information content (AvgIpc) is 3.27. The van der Waals surface area contributed by atoms with E-state index in [0.29, 0.717) is 24.2 Å². The van der Waals surface area contributed by atoms with E-state index in [1.807, 2.05) is 0 Å². The summed E-state index contributed by atoms with van der Waals surface area (Å²) in [5.74, 6) is -1.54. The van der Waals surface area contributed by atoms with E-state index in [4.69, 9.17) is 4.74 Å². The number of nitro benzene ring substituents is 1. The van der Waals surface area contributed by atoms with Gasteiger partial charge in [-0.1, -0.05) is 37.1 Å². The molecule has 9 heteroatoms. The molecule has 9 nitrogen and oxygen atoms in total. The van der Waals surface area contributed by atoms with Crippen LogP contribution in [0.15, 0.2) is 54.6 Å². The zero-order valence-corrected chi connectivity index (χ0v) is 17.2. The maximum absolute atomic E-state index is 13.1. The Bertz CT molecular complexity index is 1120. The number of ether oxygens (including phenoxy) is 1. The molecular formula is C23H21N3O6. The van der Waals surface area contributed by atoms with Crippen LogP contribution in [-0.2, 0) is 19.1 Å². The normalized spacial score (nSPS) is 16.6. The van der Waals surface area contributed by atoms with Crippen LogP contribution >= 0.6 is 0 Å². The lowest BCUT2D eigenvalue weighted by Gasteiger charge is -2.44. The van der Waals surface area contributed by atoms with Crippen molar-refractivity contribution in [2.45, 2.75) is 31.2 Å². The molecule has 0 bridgehead atoms. The van der Waals surface area contributed by atoms with Gasteiger partial charge in [-0.2, -0.15) is 0 Å². The maximum atomic E-state index is 13.1. The van der Waals surface area contributed by atoms with E-state index in [9.17, 15) is 24.5 Å². The quantitative estimate of drug-likeness (QED) is 0.333. The average molecular weight is 435 g/mol.